The lowest BCUT2D eigenvalue weighted by Crippen LogP contribution is -2.37. The predicted molar refractivity (Wildman–Crippen MR) is 129 cm³/mol. The van der Waals surface area contributed by atoms with Gasteiger partial charge in [0.05, 0.1) is 16.0 Å². The van der Waals surface area contributed by atoms with Crippen LogP contribution in [0.25, 0.3) is 22.2 Å². The van der Waals surface area contributed by atoms with Gasteiger partial charge in [0, 0.05) is 43.8 Å². The van der Waals surface area contributed by atoms with Crippen LogP contribution < -0.4 is 9.62 Å². The number of hydrogen-bond acceptors (Lipinski definition) is 4. The molecule has 1 fully saturated rings. The van der Waals surface area contributed by atoms with E-state index in [1.165, 1.54) is 24.9 Å². The van der Waals surface area contributed by atoms with E-state index in [1.54, 1.807) is 42.6 Å². The van der Waals surface area contributed by atoms with Crippen molar-refractivity contribution >= 4 is 32.4 Å². The molecule has 164 valence electrons. The second-order valence-corrected chi connectivity index (χ2v) is 10.1. The Hall–Kier alpha value is -3.32. The quantitative estimate of drug-likeness (QED) is 0.451. The highest BCUT2D eigenvalue weighted by molar-refractivity contribution is 7.92. The Kier molecular flexibility index (Phi) is 5.13. The molecular weight excluding hydrogens is 420 g/mol. The molecule has 0 spiro atoms. The van der Waals surface area contributed by atoms with E-state index < -0.39 is 10.0 Å². The molecule has 5 rings (SSSR count). The van der Waals surface area contributed by atoms with Gasteiger partial charge >= 0.3 is 0 Å². The van der Waals surface area contributed by atoms with Gasteiger partial charge in [-0.1, -0.05) is 30.3 Å². The van der Waals surface area contributed by atoms with Gasteiger partial charge in [-0.3, -0.25) is 4.72 Å². The Morgan fingerprint density at radius 3 is 2.56 bits per heavy atom. The van der Waals surface area contributed by atoms with Crippen molar-refractivity contribution in [2.75, 3.05) is 16.7 Å². The fourth-order valence-electron chi connectivity index (χ4n) is 4.29. The molecule has 2 aromatic heterocycles. The topological polar surface area (TPSA) is 67.2 Å². The number of hydrogen-bond donors (Lipinski definition) is 1. The summed E-state index contributed by atoms with van der Waals surface area (Å²) >= 11 is 0. The highest BCUT2D eigenvalue weighted by Gasteiger charge is 2.23. The third-order valence-electron chi connectivity index (χ3n) is 6.34. The molecule has 0 saturated heterocycles. The van der Waals surface area contributed by atoms with Crippen molar-refractivity contribution in [3.8, 4) is 11.1 Å². The number of anilines is 2. The second kappa shape index (κ2) is 7.98. The van der Waals surface area contributed by atoms with E-state index in [0.29, 0.717) is 11.7 Å². The average molecular weight is 447 g/mol. The van der Waals surface area contributed by atoms with Crippen molar-refractivity contribution in [1.29, 1.82) is 0 Å². The summed E-state index contributed by atoms with van der Waals surface area (Å²) in [6, 6.07) is 19.1. The molecular formula is C25H26N4O2S. The van der Waals surface area contributed by atoms with Gasteiger partial charge in [0.1, 0.15) is 5.65 Å². The van der Waals surface area contributed by atoms with Crippen LogP contribution in [0.15, 0.2) is 78.0 Å². The predicted octanol–water partition coefficient (Wildman–Crippen LogP) is 5.03. The number of sulfonamides is 1. The van der Waals surface area contributed by atoms with Gasteiger partial charge in [0.25, 0.3) is 10.0 Å². The third kappa shape index (κ3) is 3.62. The normalized spacial score (nSPS) is 14.3. The SMILES string of the molecule is CN(c1cccc(-c2cn(C)c3nccc(NS(=O)(=O)c4ccccc4)c23)c1)C1CCC1. The monoisotopic (exact) mass is 446 g/mol. The maximum atomic E-state index is 13.0. The molecule has 2 aromatic carbocycles. The van der Waals surface area contributed by atoms with Crippen LogP contribution in [0.1, 0.15) is 19.3 Å². The fraction of sp³-hybridized carbons (Fsp3) is 0.240. The lowest BCUT2D eigenvalue weighted by molar-refractivity contribution is 0.401. The van der Waals surface area contributed by atoms with Gasteiger partial charge in [0.15, 0.2) is 0 Å². The Balaban J connectivity index is 1.60. The van der Waals surface area contributed by atoms with Gasteiger partial charge in [-0.2, -0.15) is 0 Å². The van der Waals surface area contributed by atoms with Gasteiger partial charge < -0.3 is 9.47 Å². The summed E-state index contributed by atoms with van der Waals surface area (Å²) in [7, 11) is 0.357. The second-order valence-electron chi connectivity index (χ2n) is 8.38. The minimum atomic E-state index is -3.72. The number of aromatic nitrogens is 2. The molecule has 32 heavy (non-hydrogen) atoms. The van der Waals surface area contributed by atoms with Crippen LogP contribution in [0.4, 0.5) is 11.4 Å². The van der Waals surface area contributed by atoms with Crippen molar-refractivity contribution < 1.29 is 8.42 Å². The minimum Gasteiger partial charge on any atom is -0.372 e. The molecule has 1 aliphatic carbocycles. The number of rotatable bonds is 6. The lowest BCUT2D eigenvalue weighted by atomic mass is 9.91. The molecule has 1 aliphatic rings. The van der Waals surface area contributed by atoms with Gasteiger partial charge in [0.2, 0.25) is 0 Å². The van der Waals surface area contributed by atoms with Crippen LogP contribution in [-0.4, -0.2) is 31.1 Å². The van der Waals surface area contributed by atoms with Crippen LogP contribution in [0, 0.1) is 0 Å². The molecule has 0 unspecified atom stereocenters. The molecule has 1 N–H and O–H groups in total. The molecule has 2 heterocycles. The van der Waals surface area contributed by atoms with E-state index in [1.807, 2.05) is 17.8 Å². The zero-order valence-corrected chi connectivity index (χ0v) is 19.0. The number of pyridine rings is 1. The third-order valence-corrected chi connectivity index (χ3v) is 7.72. The molecule has 4 aromatic rings. The first kappa shape index (κ1) is 20.6. The van der Waals surface area contributed by atoms with Crippen LogP contribution in [-0.2, 0) is 17.1 Å². The highest BCUT2D eigenvalue weighted by atomic mass is 32.2. The Morgan fingerprint density at radius 2 is 1.84 bits per heavy atom. The fourth-order valence-corrected chi connectivity index (χ4v) is 5.38. The number of fused-ring (bicyclic) bond motifs is 1. The van der Waals surface area contributed by atoms with Crippen LogP contribution in [0.2, 0.25) is 0 Å². The smallest absolute Gasteiger partial charge is 0.261 e. The van der Waals surface area contributed by atoms with Gasteiger partial charge in [-0.15, -0.1) is 0 Å². The van der Waals surface area contributed by atoms with E-state index in [4.69, 9.17) is 0 Å². The maximum absolute atomic E-state index is 13.0. The average Bonchev–Trinajstić information content (AvgIpc) is 3.11. The van der Waals surface area contributed by atoms with Crippen molar-refractivity contribution in [2.45, 2.75) is 30.2 Å². The van der Waals surface area contributed by atoms with Crippen molar-refractivity contribution in [2.24, 2.45) is 7.05 Å². The first-order valence-corrected chi connectivity index (χ1v) is 12.3. The molecule has 0 radical (unpaired) electrons. The van der Waals surface area contributed by atoms with Crippen LogP contribution in [0.5, 0.6) is 0 Å². The van der Waals surface area contributed by atoms with E-state index in [-0.39, 0.29) is 4.90 Å². The number of nitrogens with zero attached hydrogens (tertiary/aromatic N) is 3. The minimum absolute atomic E-state index is 0.228. The van der Waals surface area contributed by atoms with E-state index >= 15 is 0 Å². The lowest BCUT2D eigenvalue weighted by Gasteiger charge is -2.36. The summed E-state index contributed by atoms with van der Waals surface area (Å²) in [6.45, 7) is 0. The first-order chi connectivity index (χ1) is 15.4. The van der Waals surface area contributed by atoms with E-state index in [9.17, 15) is 8.42 Å². The molecule has 0 atom stereocenters. The van der Waals surface area contributed by atoms with Crippen molar-refractivity contribution in [3.05, 3.63) is 73.1 Å². The zero-order chi connectivity index (χ0) is 22.3. The van der Waals surface area contributed by atoms with E-state index in [2.05, 4.69) is 45.9 Å². The summed E-state index contributed by atoms with van der Waals surface area (Å²) in [4.78, 5) is 7.09. The number of nitrogens with one attached hydrogen (secondary N) is 1. The molecule has 0 bridgehead atoms. The molecule has 1 saturated carbocycles. The Labute approximate surface area is 188 Å². The largest absolute Gasteiger partial charge is 0.372 e. The van der Waals surface area contributed by atoms with Crippen LogP contribution in [0.3, 0.4) is 0 Å². The summed E-state index contributed by atoms with van der Waals surface area (Å²) in [5, 5.41) is 0.790. The summed E-state index contributed by atoms with van der Waals surface area (Å²) in [5.74, 6) is 0. The summed E-state index contributed by atoms with van der Waals surface area (Å²) < 4.78 is 30.7. The van der Waals surface area contributed by atoms with Gasteiger partial charge in [-0.05, 0) is 55.2 Å². The molecule has 0 aliphatic heterocycles. The molecule has 0 amide bonds. The first-order valence-electron chi connectivity index (χ1n) is 10.8. The Bertz CT molecular complexity index is 1380. The standard InChI is InChI=1S/C25H26N4O2S/c1-28-17-22(18-8-6-11-20(16-18)29(2)19-9-7-10-19)24-23(14-15-26-25(24)28)27-32(30,31)21-12-4-3-5-13-21/h3-6,8,11-17,19H,7,9-10H2,1-2H3,(H,26,27). The highest BCUT2D eigenvalue weighted by Crippen LogP contribution is 2.37. The molecule has 6 nitrogen and oxygen atoms in total. The van der Waals surface area contributed by atoms with Crippen molar-refractivity contribution in [1.82, 2.24) is 9.55 Å². The maximum Gasteiger partial charge on any atom is 0.261 e. The number of benzene rings is 2. The van der Waals surface area contributed by atoms with Gasteiger partial charge in [-0.25, -0.2) is 13.4 Å². The summed E-state index contributed by atoms with van der Waals surface area (Å²) in [5.41, 5.74) is 4.40. The zero-order valence-electron chi connectivity index (χ0n) is 18.2. The van der Waals surface area contributed by atoms with E-state index in [0.717, 1.165) is 22.2 Å². The molecule has 7 heteroatoms. The number of aryl methyl sites for hydroxylation is 1. The Morgan fingerprint density at radius 1 is 1.06 bits per heavy atom. The van der Waals surface area contributed by atoms with Crippen molar-refractivity contribution in [3.63, 3.8) is 0 Å². The summed E-state index contributed by atoms with van der Waals surface area (Å²) in [6.07, 6.45) is 7.39. The van der Waals surface area contributed by atoms with Crippen LogP contribution >= 0.6 is 0 Å².